The molecule has 13 heavy (non-hydrogen) atoms. The van der Waals surface area contributed by atoms with Crippen molar-refractivity contribution in [2.24, 2.45) is 0 Å². The molecule has 0 aromatic carbocycles. The molecule has 0 spiro atoms. The van der Waals surface area contributed by atoms with E-state index in [0.29, 0.717) is 23.1 Å². The van der Waals surface area contributed by atoms with Gasteiger partial charge in [-0.25, -0.2) is 0 Å². The van der Waals surface area contributed by atoms with Crippen LogP contribution < -0.4 is 8.92 Å². The maximum absolute atomic E-state index is 10.8. The Kier molecular flexibility index (Phi) is 4.51. The maximum atomic E-state index is 10.8. The van der Waals surface area contributed by atoms with Gasteiger partial charge in [0.15, 0.2) is 0 Å². The van der Waals surface area contributed by atoms with Crippen LogP contribution in [0.1, 0.15) is 5.69 Å². The third kappa shape index (κ3) is 3.95. The summed E-state index contributed by atoms with van der Waals surface area (Å²) in [5.41, 5.74) is 0.742. The average molecular weight is 212 g/mol. The number of ether oxygens (including phenoxy) is 1. The highest BCUT2D eigenvalue weighted by Crippen LogP contribution is 1.93. The van der Waals surface area contributed by atoms with E-state index < -0.39 is 0 Å². The highest BCUT2D eigenvalue weighted by molar-refractivity contribution is 6.29. The molecule has 0 fully saturated rings. The number of rotatable bonds is 4. The zero-order chi connectivity index (χ0) is 9.68. The fraction of sp³-hybridized carbons (Fsp3) is 0.333. The first-order valence-corrected chi connectivity index (χ1v) is 5.93. The summed E-state index contributed by atoms with van der Waals surface area (Å²) in [5, 5.41) is 3.75. The Balaban J connectivity index is 2.24. The lowest BCUT2D eigenvalue weighted by Crippen LogP contribution is -2.24. The summed E-state index contributed by atoms with van der Waals surface area (Å²) in [6, 6.07) is 1.84. The predicted octanol–water partition coefficient (Wildman–Crippen LogP) is -2.89. The Hall–Kier alpha value is -0.295. The van der Waals surface area contributed by atoms with E-state index in [2.05, 4.69) is 9.46 Å². The van der Waals surface area contributed by atoms with E-state index in [0.717, 1.165) is 26.6 Å². The molecule has 0 aliphatic rings. The van der Waals surface area contributed by atoms with Gasteiger partial charge >= 0.3 is 32.8 Å². The Labute approximate surface area is 91.9 Å². The Morgan fingerprint density at radius 1 is 1.77 bits per heavy atom. The number of hydrogen-bond acceptors (Lipinski definition) is 4. The van der Waals surface area contributed by atoms with Gasteiger partial charge in [0.25, 0.3) is 0 Å². The number of hydrogen-bond donors (Lipinski definition) is 1. The fourth-order valence-corrected chi connectivity index (χ4v) is 1.38. The van der Waals surface area contributed by atoms with Crippen molar-refractivity contribution in [3.63, 3.8) is 0 Å². The first-order chi connectivity index (χ1) is 6.22. The number of aromatic nitrogens is 1. The van der Waals surface area contributed by atoms with Gasteiger partial charge in [-0.05, 0) is 6.07 Å². The molecule has 0 saturated heterocycles. The van der Waals surface area contributed by atoms with Gasteiger partial charge in [0.1, 0.15) is 12.3 Å². The highest BCUT2D eigenvalue weighted by Gasteiger charge is 2.01. The minimum Gasteiger partial charge on any atom is -0.451 e. The molecule has 7 heteroatoms. The lowest BCUT2D eigenvalue weighted by molar-refractivity contribution is -0.124. The highest BCUT2D eigenvalue weighted by atomic mass is 27.1. The zero-order valence-corrected chi connectivity index (χ0v) is 11.7. The van der Waals surface area contributed by atoms with Crippen LogP contribution in [-0.4, -0.2) is 50.5 Å². The lowest BCUT2D eigenvalue weighted by Gasteiger charge is -1.99. The largest absolute Gasteiger partial charge is 0.451 e. The summed E-state index contributed by atoms with van der Waals surface area (Å²) in [6.07, 6.45) is 0. The van der Waals surface area contributed by atoms with Crippen molar-refractivity contribution >= 4 is 43.3 Å². The maximum Gasteiger partial charge on any atom is 0.364 e. The molecule has 0 radical (unpaired) electrons. The van der Waals surface area contributed by atoms with E-state index in [9.17, 15) is 4.79 Å². The van der Waals surface area contributed by atoms with Gasteiger partial charge in [-0.3, -0.25) is 4.79 Å². The molecule has 1 aromatic rings. The molecule has 1 N–H and O–H groups in total. The minimum absolute atomic E-state index is 0.0822. The van der Waals surface area contributed by atoms with Crippen LogP contribution >= 0.6 is 0 Å². The molecular weight excluding hydrogens is 202 g/mol. The minimum atomic E-state index is -0.0822. The van der Waals surface area contributed by atoms with Crippen LogP contribution in [0.15, 0.2) is 10.6 Å². The number of amides is 1. The summed E-state index contributed by atoms with van der Waals surface area (Å²) >= 11 is 1.50. The van der Waals surface area contributed by atoms with Crippen molar-refractivity contribution in [3.05, 3.63) is 11.8 Å². The van der Waals surface area contributed by atoms with Crippen LogP contribution in [0.4, 0.5) is 0 Å². The Bertz CT molecular complexity index is 289. The second-order valence-electron chi connectivity index (χ2n) is 2.59. The normalized spacial score (nSPS) is 9.85. The molecule has 0 bridgehead atoms. The van der Waals surface area contributed by atoms with Crippen molar-refractivity contribution in [2.75, 3.05) is 6.61 Å². The van der Waals surface area contributed by atoms with E-state index >= 15 is 0 Å². The van der Waals surface area contributed by atoms with Crippen molar-refractivity contribution in [3.8, 4) is 0 Å². The van der Waals surface area contributed by atoms with Crippen LogP contribution in [0.25, 0.3) is 0 Å². The van der Waals surface area contributed by atoms with E-state index in [1.165, 1.54) is 0 Å². The standard InChI is InChI=1S/C6H7N2O3.2Al.4H/c7-6(9)4-10-3-5-1-2-11-8-5;;;;;;/h1H,3-4H2,(H2,7,9);;;;;;/q;;+1;;;;/p-1. The molecule has 0 unspecified atom stereocenters. The zero-order valence-electron chi connectivity index (χ0n) is 7.66. The molecule has 0 aliphatic heterocycles. The summed E-state index contributed by atoms with van der Waals surface area (Å²) < 4.78 is 13.5. The topological polar surface area (TPSA) is 64.4 Å². The molecule has 1 rings (SSSR count). The summed E-state index contributed by atoms with van der Waals surface area (Å²) in [7, 11) is 0. The van der Waals surface area contributed by atoms with Gasteiger partial charge in [-0.2, -0.15) is 0 Å². The molecule has 5 nitrogen and oxygen atoms in total. The van der Waals surface area contributed by atoms with Crippen molar-refractivity contribution in [2.45, 2.75) is 6.61 Å². The number of nitrogens with zero attached hydrogens (tertiary/aromatic N) is 1. The first-order valence-electron chi connectivity index (χ1n) is 3.93. The van der Waals surface area contributed by atoms with E-state index in [4.69, 9.17) is 9.26 Å². The van der Waals surface area contributed by atoms with Gasteiger partial charge in [0, 0.05) is 4.62 Å². The van der Waals surface area contributed by atoms with Crippen molar-refractivity contribution in [1.29, 1.82) is 0 Å². The third-order valence-corrected chi connectivity index (χ3v) is 2.47. The fourth-order valence-electron chi connectivity index (χ4n) is 0.806. The molecular formula is C6H10Al2N2O3. The van der Waals surface area contributed by atoms with Crippen LogP contribution in [0.5, 0.6) is 0 Å². The van der Waals surface area contributed by atoms with Gasteiger partial charge in [0.2, 0.25) is 5.91 Å². The average Bonchev–Trinajstić information content (AvgIpc) is 2.51. The van der Waals surface area contributed by atoms with Gasteiger partial charge in [-0.1, -0.05) is 5.16 Å². The number of carbonyl (C=O) groups excluding carboxylic acids is 1. The van der Waals surface area contributed by atoms with Gasteiger partial charge in [-0.15, -0.1) is 0 Å². The van der Waals surface area contributed by atoms with Crippen molar-refractivity contribution in [1.82, 2.24) is 9.46 Å². The van der Waals surface area contributed by atoms with E-state index in [-0.39, 0.29) is 12.5 Å². The molecule has 1 amide bonds. The predicted molar refractivity (Wildman–Crippen MR) is 51.0 cm³/mol. The van der Waals surface area contributed by atoms with Crippen LogP contribution in [0.3, 0.4) is 0 Å². The third-order valence-electron chi connectivity index (χ3n) is 1.44. The van der Waals surface area contributed by atoms with Gasteiger partial charge < -0.3 is 13.6 Å². The molecule has 68 valence electrons. The van der Waals surface area contributed by atoms with E-state index in [1.807, 2.05) is 6.07 Å². The SMILES string of the molecule is O=C(COCc1c[c]([AlH2])on1)[NH][AlH2]. The monoisotopic (exact) mass is 212 g/mol. The lowest BCUT2D eigenvalue weighted by atomic mass is 10.5. The second-order valence-corrected chi connectivity index (χ2v) is 4.08. The number of nitrogens with one attached hydrogen (secondary N) is 1. The molecule has 0 saturated carbocycles. The Morgan fingerprint density at radius 2 is 2.54 bits per heavy atom. The van der Waals surface area contributed by atoms with E-state index in [1.54, 1.807) is 0 Å². The van der Waals surface area contributed by atoms with Gasteiger partial charge in [0.05, 0.1) is 6.61 Å². The van der Waals surface area contributed by atoms with Crippen LogP contribution in [-0.2, 0) is 16.1 Å². The molecule has 1 aromatic heterocycles. The molecule has 0 atom stereocenters. The summed E-state index contributed by atoms with van der Waals surface area (Å²) in [4.78, 5) is 10.8. The summed E-state index contributed by atoms with van der Waals surface area (Å²) in [6.45, 7) is 0.424. The number of carbonyl (C=O) groups is 1. The molecule has 0 aliphatic carbocycles. The smallest absolute Gasteiger partial charge is 0.364 e. The van der Waals surface area contributed by atoms with Crippen molar-refractivity contribution < 1.29 is 14.1 Å². The second kappa shape index (κ2) is 5.44. The Morgan fingerprint density at radius 3 is 3.08 bits per heavy atom. The van der Waals surface area contributed by atoms with Crippen LogP contribution in [0.2, 0.25) is 0 Å². The molecule has 1 heterocycles. The summed E-state index contributed by atoms with van der Waals surface area (Å²) in [5.74, 6) is -0.0822. The first kappa shape index (κ1) is 10.8. The van der Waals surface area contributed by atoms with Crippen LogP contribution in [0, 0.1) is 0 Å². The quantitative estimate of drug-likeness (QED) is 0.544.